The van der Waals surface area contributed by atoms with Crippen LogP contribution in [0.1, 0.15) is 42.1 Å². The molecule has 114 valence electrons. The molecule has 1 aliphatic rings. The van der Waals surface area contributed by atoms with Gasteiger partial charge in [0.15, 0.2) is 5.78 Å². The number of hydrogen-bond donors (Lipinski definition) is 1. The maximum atomic E-state index is 12.2. The summed E-state index contributed by atoms with van der Waals surface area (Å²) in [7, 11) is 0. The van der Waals surface area contributed by atoms with Crippen LogP contribution < -0.4 is 5.63 Å². The fourth-order valence-electron chi connectivity index (χ4n) is 2.91. The summed E-state index contributed by atoms with van der Waals surface area (Å²) in [6, 6.07) is 4.64. The lowest BCUT2D eigenvalue weighted by Gasteiger charge is -2.29. The Labute approximate surface area is 127 Å². The van der Waals surface area contributed by atoms with E-state index in [0.717, 1.165) is 0 Å². The van der Waals surface area contributed by atoms with Gasteiger partial charge in [-0.1, -0.05) is 13.8 Å². The van der Waals surface area contributed by atoms with Crippen molar-refractivity contribution in [1.29, 1.82) is 0 Å². The van der Waals surface area contributed by atoms with Crippen LogP contribution in [0.25, 0.3) is 11.3 Å². The second-order valence-corrected chi connectivity index (χ2v) is 6.54. The van der Waals surface area contributed by atoms with Gasteiger partial charge in [0.1, 0.15) is 17.1 Å². The third-order valence-corrected chi connectivity index (χ3v) is 3.87. The van der Waals surface area contributed by atoms with Crippen molar-refractivity contribution >= 4 is 5.78 Å². The Morgan fingerprint density at radius 1 is 1.23 bits per heavy atom. The number of rotatable bonds is 1. The average molecular weight is 299 g/mol. The predicted octanol–water partition coefficient (Wildman–Crippen LogP) is 2.87. The first-order valence-electron chi connectivity index (χ1n) is 7.14. The van der Waals surface area contributed by atoms with Gasteiger partial charge in [-0.3, -0.25) is 9.78 Å². The quantitative estimate of drug-likeness (QED) is 0.875. The second kappa shape index (κ2) is 4.80. The Kier molecular flexibility index (Phi) is 3.16. The zero-order valence-electron chi connectivity index (χ0n) is 12.8. The van der Waals surface area contributed by atoms with Crippen LogP contribution in [0.5, 0.6) is 5.75 Å². The van der Waals surface area contributed by atoms with E-state index in [1.807, 2.05) is 13.8 Å². The highest BCUT2D eigenvalue weighted by atomic mass is 16.4. The predicted molar refractivity (Wildman–Crippen MR) is 81.0 cm³/mol. The maximum absolute atomic E-state index is 12.2. The molecule has 0 aromatic carbocycles. The van der Waals surface area contributed by atoms with Crippen LogP contribution >= 0.6 is 0 Å². The molecule has 5 nitrogen and oxygen atoms in total. The van der Waals surface area contributed by atoms with Gasteiger partial charge in [-0.25, -0.2) is 4.79 Å². The molecule has 3 rings (SSSR count). The zero-order valence-corrected chi connectivity index (χ0v) is 12.8. The molecule has 0 unspecified atom stereocenters. The van der Waals surface area contributed by atoms with Gasteiger partial charge in [-0.15, -0.1) is 0 Å². The van der Waals surface area contributed by atoms with Crippen molar-refractivity contribution in [3.63, 3.8) is 0 Å². The van der Waals surface area contributed by atoms with Crippen molar-refractivity contribution < 1.29 is 14.3 Å². The molecule has 0 amide bonds. The van der Waals surface area contributed by atoms with Gasteiger partial charge in [0.25, 0.3) is 0 Å². The molecule has 22 heavy (non-hydrogen) atoms. The van der Waals surface area contributed by atoms with Crippen LogP contribution in [0.15, 0.2) is 27.4 Å². The van der Waals surface area contributed by atoms with E-state index in [4.69, 9.17) is 4.42 Å². The largest absolute Gasteiger partial charge is 0.507 e. The highest BCUT2D eigenvalue weighted by Crippen LogP contribution is 2.35. The molecule has 0 atom stereocenters. The number of Topliss-reactive ketones (excluding diaryl/α,β-unsaturated/α-hetero) is 1. The summed E-state index contributed by atoms with van der Waals surface area (Å²) in [6.07, 6.45) is 1.14. The minimum atomic E-state index is -0.633. The van der Waals surface area contributed by atoms with E-state index in [0.29, 0.717) is 35.6 Å². The highest BCUT2D eigenvalue weighted by molar-refractivity contribution is 5.98. The first kappa shape index (κ1) is 14.5. The van der Waals surface area contributed by atoms with Gasteiger partial charge in [0.2, 0.25) is 0 Å². The minimum Gasteiger partial charge on any atom is -0.507 e. The Bertz CT molecular complexity index is 833. The molecule has 0 fully saturated rings. The molecule has 1 aliphatic carbocycles. The number of aromatic nitrogens is 1. The fourth-order valence-corrected chi connectivity index (χ4v) is 2.91. The summed E-state index contributed by atoms with van der Waals surface area (Å²) in [5.74, 6) is 0.230. The molecule has 0 bridgehead atoms. The molecule has 0 saturated heterocycles. The van der Waals surface area contributed by atoms with E-state index in [1.54, 1.807) is 19.1 Å². The number of pyridine rings is 1. The number of hydrogen-bond acceptors (Lipinski definition) is 5. The van der Waals surface area contributed by atoms with Gasteiger partial charge >= 0.3 is 5.63 Å². The first-order chi connectivity index (χ1) is 10.3. The Hall–Kier alpha value is -2.43. The van der Waals surface area contributed by atoms with E-state index < -0.39 is 5.63 Å². The summed E-state index contributed by atoms with van der Waals surface area (Å²) in [5, 5.41) is 10.0. The summed E-state index contributed by atoms with van der Waals surface area (Å²) in [6.45, 7) is 5.62. The number of fused-ring (bicyclic) bond motifs is 1. The lowest BCUT2D eigenvalue weighted by atomic mass is 9.75. The topological polar surface area (TPSA) is 80.4 Å². The molecule has 0 spiro atoms. The Morgan fingerprint density at radius 2 is 1.95 bits per heavy atom. The molecule has 1 N–H and O–H groups in total. The van der Waals surface area contributed by atoms with E-state index >= 15 is 0 Å². The smallest absolute Gasteiger partial charge is 0.349 e. The van der Waals surface area contributed by atoms with Crippen LogP contribution in [0.3, 0.4) is 0 Å². The third-order valence-electron chi connectivity index (χ3n) is 3.87. The summed E-state index contributed by atoms with van der Waals surface area (Å²) in [4.78, 5) is 28.6. The van der Waals surface area contributed by atoms with Crippen molar-refractivity contribution in [1.82, 2.24) is 4.98 Å². The molecular weight excluding hydrogens is 282 g/mol. The van der Waals surface area contributed by atoms with Crippen LogP contribution in [0, 0.1) is 12.3 Å². The van der Waals surface area contributed by atoms with Crippen molar-refractivity contribution in [3.8, 4) is 17.0 Å². The number of carbonyl (C=O) groups excluding carboxylic acids is 1. The minimum absolute atomic E-state index is 0.0317. The third kappa shape index (κ3) is 2.43. The van der Waals surface area contributed by atoms with E-state index in [1.165, 1.54) is 6.07 Å². The molecule has 2 aromatic rings. The van der Waals surface area contributed by atoms with Gasteiger partial charge < -0.3 is 9.52 Å². The van der Waals surface area contributed by atoms with Crippen molar-refractivity contribution in [2.75, 3.05) is 0 Å². The lowest BCUT2D eigenvalue weighted by molar-refractivity contribution is 0.0910. The fraction of sp³-hybridized carbons (Fsp3) is 0.353. The summed E-state index contributed by atoms with van der Waals surface area (Å²) >= 11 is 0. The van der Waals surface area contributed by atoms with E-state index in [2.05, 4.69) is 4.98 Å². The number of carbonyl (C=O) groups is 1. The average Bonchev–Trinajstić information content (AvgIpc) is 2.35. The van der Waals surface area contributed by atoms with Crippen molar-refractivity contribution in [3.05, 3.63) is 45.6 Å². The molecule has 5 heteroatoms. The maximum Gasteiger partial charge on any atom is 0.349 e. The van der Waals surface area contributed by atoms with Gasteiger partial charge in [0, 0.05) is 18.1 Å². The van der Waals surface area contributed by atoms with Crippen LogP contribution in [-0.4, -0.2) is 15.9 Å². The molecule has 0 aliphatic heterocycles. The number of aromatic hydroxyl groups is 1. The monoisotopic (exact) mass is 299 g/mol. The summed E-state index contributed by atoms with van der Waals surface area (Å²) < 4.78 is 5.03. The number of nitrogens with zero attached hydrogens (tertiary/aromatic N) is 1. The first-order valence-corrected chi connectivity index (χ1v) is 7.14. The molecule has 2 heterocycles. The molecular formula is C17H17NO4. The van der Waals surface area contributed by atoms with Gasteiger partial charge in [0.05, 0.1) is 11.4 Å². The van der Waals surface area contributed by atoms with Crippen LogP contribution in [0.2, 0.25) is 0 Å². The zero-order chi connectivity index (χ0) is 16.1. The number of aryl methyl sites for hydroxylation is 1. The lowest BCUT2D eigenvalue weighted by Crippen LogP contribution is -2.28. The van der Waals surface area contributed by atoms with E-state index in [-0.39, 0.29) is 22.5 Å². The van der Waals surface area contributed by atoms with Crippen molar-refractivity contribution in [2.24, 2.45) is 5.41 Å². The molecule has 0 radical (unpaired) electrons. The normalized spacial score (nSPS) is 16.4. The molecule has 2 aromatic heterocycles. The summed E-state index contributed by atoms with van der Waals surface area (Å²) in [5.41, 5.74) is 0.832. The van der Waals surface area contributed by atoms with Crippen LogP contribution in [-0.2, 0) is 6.42 Å². The van der Waals surface area contributed by atoms with Gasteiger partial charge in [-0.05, 0) is 30.9 Å². The van der Waals surface area contributed by atoms with E-state index in [9.17, 15) is 14.7 Å². The SMILES string of the molecule is Cc1cc(O)c(-c2ccc3c(n2)CC(C)(C)CC3=O)c(=O)o1. The van der Waals surface area contributed by atoms with Crippen molar-refractivity contribution in [2.45, 2.75) is 33.6 Å². The second-order valence-electron chi connectivity index (χ2n) is 6.54. The highest BCUT2D eigenvalue weighted by Gasteiger charge is 2.32. The Balaban J connectivity index is 2.16. The van der Waals surface area contributed by atoms with Gasteiger partial charge in [-0.2, -0.15) is 0 Å². The number of ketones is 1. The van der Waals surface area contributed by atoms with Crippen LogP contribution in [0.4, 0.5) is 0 Å². The molecule has 0 saturated carbocycles. The standard InChI is InChI=1S/C17H17NO4/c1-9-6-13(19)15(16(21)22-9)11-5-4-10-12(18-11)7-17(2,3)8-14(10)20/h4-6,19H,7-8H2,1-3H3. The Morgan fingerprint density at radius 3 is 2.64 bits per heavy atom.